The number of pyridine rings is 3. The first-order valence-corrected chi connectivity index (χ1v) is 36.3. The Morgan fingerprint density at radius 2 is 1.10 bits per heavy atom. The topological polar surface area (TPSA) is 222 Å². The number of rotatable bonds is 11. The summed E-state index contributed by atoms with van der Waals surface area (Å²) < 4.78 is 20.5. The van der Waals surface area contributed by atoms with Crippen LogP contribution in [0.4, 0.5) is 28.8 Å². The van der Waals surface area contributed by atoms with Crippen LogP contribution < -0.4 is 32.7 Å². The Balaban J connectivity index is 0.000000132. The van der Waals surface area contributed by atoms with Crippen molar-refractivity contribution in [3.8, 4) is 31.7 Å². The number of thiophene rings is 3. The zero-order valence-electron chi connectivity index (χ0n) is 54.3. The second-order valence-electron chi connectivity index (χ2n) is 28.1. The highest BCUT2D eigenvalue weighted by molar-refractivity contribution is 9.10. The van der Waals surface area contributed by atoms with Crippen molar-refractivity contribution in [2.45, 2.75) is 213 Å². The molecular weight excluding hydrogens is 1250 g/mol. The van der Waals surface area contributed by atoms with E-state index in [-0.39, 0.29) is 17.3 Å². The SMILES string of the molecule is CC(C)(C)Nc1cc(Br)c2sc(-c3ccnn3C3CCCCO3)cc2n1.CC1CCC(N)CC1.CC1CCC(Nc2cc(N)nc3cc(-c4ccn[nH]4)sc23)CC1.CC1CCC(Nc2cc(NC(C)(C)C)nc3cc(-c4ccnn4C4CCCOC4)sc23)CC1. The lowest BCUT2D eigenvalue weighted by molar-refractivity contribution is -0.0383. The molecule has 0 bridgehead atoms. The maximum absolute atomic E-state index is 6.01. The van der Waals surface area contributed by atoms with Crippen molar-refractivity contribution < 1.29 is 9.47 Å². The van der Waals surface area contributed by atoms with Gasteiger partial charge in [-0.3, -0.25) is 9.78 Å². The molecular formula is C69H96BrN15O2S3. The first kappa shape index (κ1) is 65.8. The van der Waals surface area contributed by atoms with E-state index in [1.165, 1.54) is 103 Å². The van der Waals surface area contributed by atoms with Crippen LogP contribution >= 0.6 is 49.9 Å². The molecule has 9 aromatic heterocycles. The number of nitrogens with two attached hydrogens (primary N) is 2. The van der Waals surface area contributed by atoms with Crippen LogP contribution in [-0.2, 0) is 9.47 Å². The molecule has 90 heavy (non-hydrogen) atoms. The van der Waals surface area contributed by atoms with Crippen molar-refractivity contribution in [2.24, 2.45) is 23.5 Å². The van der Waals surface area contributed by atoms with E-state index in [1.54, 1.807) is 28.9 Å². The molecule has 0 radical (unpaired) electrons. The van der Waals surface area contributed by atoms with E-state index in [4.69, 9.17) is 30.9 Å². The summed E-state index contributed by atoms with van der Waals surface area (Å²) in [6.07, 6.45) is 26.4. The number of ether oxygens (including phenoxy) is 2. The molecule has 2 saturated heterocycles. The molecule has 14 rings (SSSR count). The Hall–Kier alpha value is -5.68. The summed E-state index contributed by atoms with van der Waals surface area (Å²) >= 11 is 8.99. The van der Waals surface area contributed by atoms with Crippen LogP contribution in [0.3, 0.4) is 0 Å². The number of nitrogen functional groups attached to an aromatic ring is 1. The fraction of sp³-hybridized carbons (Fsp3) is 0.565. The third-order valence-electron chi connectivity index (χ3n) is 17.8. The summed E-state index contributed by atoms with van der Waals surface area (Å²) in [6.45, 7) is 22.4. The van der Waals surface area contributed by atoms with Gasteiger partial charge in [0.05, 0.1) is 86.4 Å². The summed E-state index contributed by atoms with van der Waals surface area (Å²) in [4.78, 5) is 17.8. The standard InChI is InChI=1S/C26H37N5OS.C19H23BrN4OS.C17H21N5S.C7H15N/c1-17-7-9-18(10-8-17)28-21-15-24(30-26(2,3)4)29-20-14-23(33-25(20)21)22-11-12-27-31(22)19-6-5-13-32-16-19;1-19(2,3)23-16-10-12(20)18-13(22-16)11-15(26-18)14-7-8-21-24(14)17-6-4-5-9-25-17;1-10-2-4-11(5-3-10)20-14-9-16(18)21-13-8-15(23-17(13)14)12-6-7-19-22-12;1-6-2-4-7(8)5-3-6/h11-12,14-15,17-19H,5-10,13,16H2,1-4H3,(H2,28,29,30);7-8,10-11,17H,4-6,9H2,1-3H3,(H,22,23);6-11H,2-5H2,1H3,(H,19,22)(H3,18,20,21);6-7H,2-5,8H2,1H3. The van der Waals surface area contributed by atoms with Gasteiger partial charge in [0, 0.05) is 77.6 Å². The Morgan fingerprint density at radius 3 is 1.66 bits per heavy atom. The van der Waals surface area contributed by atoms with E-state index >= 15 is 0 Å². The van der Waals surface area contributed by atoms with Crippen molar-refractivity contribution in [1.29, 1.82) is 0 Å². The molecule has 11 heterocycles. The van der Waals surface area contributed by atoms with Gasteiger partial charge in [0.25, 0.3) is 0 Å². The number of aromatic amines is 1. The zero-order chi connectivity index (χ0) is 63.1. The van der Waals surface area contributed by atoms with Crippen LogP contribution in [0.25, 0.3) is 62.4 Å². The van der Waals surface area contributed by atoms with Crippen molar-refractivity contribution in [3.63, 3.8) is 0 Å². The largest absolute Gasteiger partial charge is 0.384 e. The minimum absolute atomic E-state index is 0.0318. The maximum Gasteiger partial charge on any atom is 0.150 e. The second kappa shape index (κ2) is 29.5. The normalized spacial score (nSPS) is 23.2. The van der Waals surface area contributed by atoms with Gasteiger partial charge in [-0.25, -0.2) is 19.6 Å². The number of aromatic nitrogens is 9. The fourth-order valence-corrected chi connectivity index (χ4v) is 16.7. The number of H-pyrrole nitrogens is 1. The zero-order valence-corrected chi connectivity index (χ0v) is 58.4. The van der Waals surface area contributed by atoms with E-state index in [0.717, 1.165) is 133 Å². The van der Waals surface area contributed by atoms with Gasteiger partial charge in [0.15, 0.2) is 6.23 Å². The van der Waals surface area contributed by atoms with Gasteiger partial charge in [-0.15, -0.1) is 34.0 Å². The number of halogens is 1. The monoisotopic (exact) mass is 1340 g/mol. The van der Waals surface area contributed by atoms with Gasteiger partial charge in [-0.05, 0) is 227 Å². The molecule has 3 aliphatic carbocycles. The second-order valence-corrected chi connectivity index (χ2v) is 32.1. The van der Waals surface area contributed by atoms with Gasteiger partial charge < -0.3 is 42.2 Å². The number of fused-ring (bicyclic) bond motifs is 3. The highest BCUT2D eigenvalue weighted by atomic mass is 79.9. The first-order chi connectivity index (χ1) is 43.2. The lowest BCUT2D eigenvalue weighted by Crippen LogP contribution is -2.27. The smallest absolute Gasteiger partial charge is 0.150 e. The highest BCUT2D eigenvalue weighted by Gasteiger charge is 2.27. The van der Waals surface area contributed by atoms with E-state index in [2.05, 4.69) is 172 Å². The molecule has 5 aliphatic rings. The molecule has 2 atom stereocenters. The quantitative estimate of drug-likeness (QED) is 0.0640. The lowest BCUT2D eigenvalue weighted by atomic mass is 9.87. The van der Waals surface area contributed by atoms with Gasteiger partial charge in [0.1, 0.15) is 17.5 Å². The minimum Gasteiger partial charge on any atom is -0.384 e. The number of anilines is 5. The number of nitrogens with zero attached hydrogens (tertiary/aromatic N) is 8. The molecule has 9 aromatic rings. The van der Waals surface area contributed by atoms with Crippen molar-refractivity contribution in [3.05, 3.63) is 77.7 Å². The number of hydrogen-bond donors (Lipinski definition) is 7. The van der Waals surface area contributed by atoms with Crippen molar-refractivity contribution in [1.82, 2.24) is 44.7 Å². The first-order valence-electron chi connectivity index (χ1n) is 33.1. The van der Waals surface area contributed by atoms with Gasteiger partial charge in [0.2, 0.25) is 0 Å². The Morgan fingerprint density at radius 1 is 0.567 bits per heavy atom. The van der Waals surface area contributed by atoms with E-state index < -0.39 is 0 Å². The van der Waals surface area contributed by atoms with Crippen LogP contribution in [0, 0.1) is 17.8 Å². The van der Waals surface area contributed by atoms with Crippen molar-refractivity contribution in [2.75, 3.05) is 46.8 Å². The Labute approximate surface area is 552 Å². The lowest BCUT2D eigenvalue weighted by Gasteiger charge is -2.28. The summed E-state index contributed by atoms with van der Waals surface area (Å²) in [5.41, 5.74) is 20.2. The molecule has 0 aromatic carbocycles. The number of hydrogen-bond acceptors (Lipinski definition) is 17. The average molecular weight is 1340 g/mol. The third-order valence-corrected chi connectivity index (χ3v) is 22.2. The number of nitrogens with one attached hydrogen (secondary N) is 5. The van der Waals surface area contributed by atoms with Gasteiger partial charge in [-0.2, -0.15) is 15.3 Å². The fourth-order valence-electron chi connectivity index (χ4n) is 12.8. The van der Waals surface area contributed by atoms with E-state index in [9.17, 15) is 0 Å². The minimum atomic E-state index is -0.0450. The van der Waals surface area contributed by atoms with E-state index in [0.29, 0.717) is 30.0 Å². The molecule has 0 spiro atoms. The summed E-state index contributed by atoms with van der Waals surface area (Å²) in [5, 5.41) is 30.9. The molecule has 17 nitrogen and oxygen atoms in total. The summed E-state index contributed by atoms with van der Waals surface area (Å²) in [5.74, 6) is 5.01. The molecule has 5 fully saturated rings. The maximum atomic E-state index is 6.01. The molecule has 9 N–H and O–H groups in total. The molecule has 2 unspecified atom stereocenters. The van der Waals surface area contributed by atoms with Crippen LogP contribution in [-0.4, -0.2) is 93.7 Å². The highest BCUT2D eigenvalue weighted by Crippen LogP contribution is 2.43. The summed E-state index contributed by atoms with van der Waals surface area (Å²) in [7, 11) is 0. The Kier molecular flexibility index (Phi) is 21.6. The van der Waals surface area contributed by atoms with Crippen LogP contribution in [0.1, 0.15) is 184 Å². The average Bonchev–Trinajstić information content (AvgIpc) is 1.83. The molecule has 3 saturated carbocycles. The van der Waals surface area contributed by atoms with Gasteiger partial charge in [-0.1, -0.05) is 20.8 Å². The molecule has 2 aliphatic heterocycles. The molecule has 0 amide bonds. The predicted molar refractivity (Wildman–Crippen MR) is 381 cm³/mol. The predicted octanol–water partition coefficient (Wildman–Crippen LogP) is 18.3. The third kappa shape index (κ3) is 17.3. The van der Waals surface area contributed by atoms with Crippen molar-refractivity contribution >= 4 is 109 Å². The van der Waals surface area contributed by atoms with Crippen LogP contribution in [0.15, 0.2) is 77.7 Å². The van der Waals surface area contributed by atoms with E-state index in [1.807, 2.05) is 40.5 Å². The summed E-state index contributed by atoms with van der Waals surface area (Å²) in [6, 6.07) is 20.7. The van der Waals surface area contributed by atoms with Crippen LogP contribution in [0.2, 0.25) is 0 Å². The molecule has 21 heteroatoms. The van der Waals surface area contributed by atoms with Crippen LogP contribution in [0.5, 0.6) is 0 Å². The van der Waals surface area contributed by atoms with Gasteiger partial charge >= 0.3 is 0 Å². The Bertz CT molecular complexity index is 3720. The molecule has 484 valence electrons.